The number of hydrogen-bond acceptors (Lipinski definition) is 6. The first-order chi connectivity index (χ1) is 12.0. The summed E-state index contributed by atoms with van der Waals surface area (Å²) in [4.78, 5) is 24.4. The molecule has 2 N–H and O–H groups in total. The van der Waals surface area contributed by atoms with Crippen LogP contribution in [0.1, 0.15) is 20.8 Å². The fraction of sp³-hybridized carbons (Fsp3) is 0.588. The van der Waals surface area contributed by atoms with Gasteiger partial charge in [0.1, 0.15) is 0 Å². The van der Waals surface area contributed by atoms with E-state index >= 15 is 0 Å². The normalized spacial score (nSPS) is 14.7. The summed E-state index contributed by atoms with van der Waals surface area (Å²) in [5.74, 6) is 7.26. The Labute approximate surface area is 147 Å². The van der Waals surface area contributed by atoms with E-state index in [9.17, 15) is 4.79 Å². The van der Waals surface area contributed by atoms with Crippen LogP contribution in [-0.4, -0.2) is 51.3 Å². The molecule has 0 aliphatic carbocycles. The Hall–Kier alpha value is -2.53. The largest absolute Gasteiger partial charge is 0.353 e. The SMILES string of the molecule is CC#CCn1c(N2CCNCC2)nc2nc(NC(C)C)n(C)c(=O)c21. The number of nitrogens with one attached hydrogen (secondary N) is 2. The quantitative estimate of drug-likeness (QED) is 0.782. The van der Waals surface area contributed by atoms with Gasteiger partial charge in [-0.15, -0.1) is 5.92 Å². The van der Waals surface area contributed by atoms with Crippen molar-refractivity contribution in [1.29, 1.82) is 0 Å². The van der Waals surface area contributed by atoms with Crippen LogP contribution in [0.2, 0.25) is 0 Å². The van der Waals surface area contributed by atoms with E-state index in [1.54, 1.807) is 18.5 Å². The summed E-state index contributed by atoms with van der Waals surface area (Å²) in [6.07, 6.45) is 0. The van der Waals surface area contributed by atoms with E-state index < -0.39 is 0 Å². The van der Waals surface area contributed by atoms with Gasteiger partial charge in [0.2, 0.25) is 11.9 Å². The molecule has 8 nitrogen and oxygen atoms in total. The van der Waals surface area contributed by atoms with Crippen molar-refractivity contribution >= 4 is 23.1 Å². The lowest BCUT2D eigenvalue weighted by atomic mass is 10.4. The van der Waals surface area contributed by atoms with E-state index in [4.69, 9.17) is 0 Å². The molecule has 8 heteroatoms. The molecule has 0 bridgehead atoms. The number of rotatable bonds is 4. The van der Waals surface area contributed by atoms with Crippen LogP contribution in [0, 0.1) is 11.8 Å². The van der Waals surface area contributed by atoms with Crippen LogP contribution in [0.4, 0.5) is 11.9 Å². The van der Waals surface area contributed by atoms with Gasteiger partial charge >= 0.3 is 0 Å². The van der Waals surface area contributed by atoms with Gasteiger partial charge in [-0.05, 0) is 20.8 Å². The Bertz CT molecular complexity index is 878. The number of anilines is 2. The van der Waals surface area contributed by atoms with Crippen LogP contribution in [0.15, 0.2) is 4.79 Å². The third-order valence-corrected chi connectivity index (χ3v) is 4.20. The van der Waals surface area contributed by atoms with Gasteiger partial charge in [-0.3, -0.25) is 13.9 Å². The monoisotopic (exact) mass is 343 g/mol. The molecule has 0 amide bonds. The van der Waals surface area contributed by atoms with E-state index in [-0.39, 0.29) is 11.6 Å². The van der Waals surface area contributed by atoms with Crippen molar-refractivity contribution in [3.05, 3.63) is 10.4 Å². The van der Waals surface area contributed by atoms with Crippen LogP contribution >= 0.6 is 0 Å². The van der Waals surface area contributed by atoms with Gasteiger partial charge in [0.15, 0.2) is 11.2 Å². The van der Waals surface area contributed by atoms with Crippen LogP contribution < -0.4 is 21.1 Å². The second-order valence-electron chi connectivity index (χ2n) is 6.43. The highest BCUT2D eigenvalue weighted by Crippen LogP contribution is 2.21. The average molecular weight is 343 g/mol. The second kappa shape index (κ2) is 7.15. The zero-order valence-electron chi connectivity index (χ0n) is 15.3. The molecule has 1 aliphatic heterocycles. The van der Waals surface area contributed by atoms with Crippen LogP contribution in [0.3, 0.4) is 0 Å². The van der Waals surface area contributed by atoms with Crippen molar-refractivity contribution in [2.24, 2.45) is 7.05 Å². The van der Waals surface area contributed by atoms with Crippen LogP contribution in [0.25, 0.3) is 11.2 Å². The molecule has 1 fully saturated rings. The number of imidazole rings is 1. The molecule has 0 saturated carbocycles. The first-order valence-electron chi connectivity index (χ1n) is 8.62. The van der Waals surface area contributed by atoms with Crippen molar-refractivity contribution in [3.8, 4) is 11.8 Å². The number of nitrogens with zero attached hydrogens (tertiary/aromatic N) is 5. The summed E-state index contributed by atoms with van der Waals surface area (Å²) in [6, 6.07) is 0.177. The van der Waals surface area contributed by atoms with E-state index in [1.165, 1.54) is 0 Å². The minimum atomic E-state index is -0.111. The van der Waals surface area contributed by atoms with E-state index in [2.05, 4.69) is 37.3 Å². The number of aromatic nitrogens is 4. The first-order valence-corrected chi connectivity index (χ1v) is 8.62. The highest BCUT2D eigenvalue weighted by molar-refractivity contribution is 5.75. The minimum absolute atomic E-state index is 0.111. The van der Waals surface area contributed by atoms with E-state index in [1.807, 2.05) is 18.4 Å². The molecule has 2 aromatic rings. The summed E-state index contributed by atoms with van der Waals surface area (Å²) >= 11 is 0. The molecular formula is C17H25N7O. The maximum absolute atomic E-state index is 13.0. The minimum Gasteiger partial charge on any atom is -0.353 e. The van der Waals surface area contributed by atoms with Gasteiger partial charge in [-0.1, -0.05) is 5.92 Å². The molecule has 0 atom stereocenters. The lowest BCUT2D eigenvalue weighted by Crippen LogP contribution is -2.44. The molecule has 3 heterocycles. The Morgan fingerprint density at radius 2 is 2.00 bits per heavy atom. The van der Waals surface area contributed by atoms with Gasteiger partial charge in [0, 0.05) is 39.3 Å². The van der Waals surface area contributed by atoms with Crippen molar-refractivity contribution in [2.45, 2.75) is 33.4 Å². The molecule has 0 aromatic carbocycles. The molecule has 0 spiro atoms. The number of piperazine rings is 1. The molecule has 0 radical (unpaired) electrons. The van der Waals surface area contributed by atoms with Gasteiger partial charge in [0.05, 0.1) is 6.54 Å². The number of hydrogen-bond donors (Lipinski definition) is 2. The first kappa shape index (κ1) is 17.3. The maximum atomic E-state index is 13.0. The summed E-state index contributed by atoms with van der Waals surface area (Å²) in [5.41, 5.74) is 0.866. The topological polar surface area (TPSA) is 80.0 Å². The van der Waals surface area contributed by atoms with Gasteiger partial charge in [-0.25, -0.2) is 0 Å². The highest BCUT2D eigenvalue weighted by Gasteiger charge is 2.22. The molecule has 25 heavy (non-hydrogen) atoms. The van der Waals surface area contributed by atoms with Crippen molar-refractivity contribution < 1.29 is 0 Å². The summed E-state index contributed by atoms with van der Waals surface area (Å²) < 4.78 is 3.44. The lowest BCUT2D eigenvalue weighted by molar-refractivity contribution is 0.573. The third kappa shape index (κ3) is 3.33. The van der Waals surface area contributed by atoms with Crippen molar-refractivity contribution in [1.82, 2.24) is 24.4 Å². The molecule has 3 rings (SSSR count). The third-order valence-electron chi connectivity index (χ3n) is 4.20. The smallest absolute Gasteiger partial charge is 0.281 e. The van der Waals surface area contributed by atoms with Crippen molar-refractivity contribution in [2.75, 3.05) is 36.4 Å². The predicted octanol–water partition coefficient (Wildman–Crippen LogP) is 0.383. The zero-order valence-corrected chi connectivity index (χ0v) is 15.3. The summed E-state index contributed by atoms with van der Waals surface area (Å²) in [5, 5.41) is 6.54. The van der Waals surface area contributed by atoms with E-state index in [0.29, 0.717) is 23.7 Å². The fourth-order valence-electron chi connectivity index (χ4n) is 2.95. The lowest BCUT2D eigenvalue weighted by Gasteiger charge is -2.28. The van der Waals surface area contributed by atoms with Gasteiger partial charge < -0.3 is 15.5 Å². The molecule has 1 aliphatic rings. The standard InChI is InChI=1S/C17H25N7O/c1-5-6-9-24-13-14(21-17(24)23-10-7-18-8-11-23)20-16(19-12(2)3)22(4)15(13)25/h12,18H,7-11H2,1-4H3,(H,19,20). The highest BCUT2D eigenvalue weighted by atomic mass is 16.1. The Balaban J connectivity index is 2.19. The maximum Gasteiger partial charge on any atom is 0.281 e. The molecule has 2 aromatic heterocycles. The summed E-state index contributed by atoms with van der Waals surface area (Å²) in [7, 11) is 1.73. The van der Waals surface area contributed by atoms with Crippen LogP contribution in [0.5, 0.6) is 0 Å². The zero-order chi connectivity index (χ0) is 18.0. The molecular weight excluding hydrogens is 318 g/mol. The van der Waals surface area contributed by atoms with Crippen LogP contribution in [-0.2, 0) is 13.6 Å². The van der Waals surface area contributed by atoms with Crippen molar-refractivity contribution in [3.63, 3.8) is 0 Å². The Morgan fingerprint density at radius 3 is 2.64 bits per heavy atom. The second-order valence-corrected chi connectivity index (χ2v) is 6.43. The average Bonchev–Trinajstić information content (AvgIpc) is 2.96. The predicted molar refractivity (Wildman–Crippen MR) is 100 cm³/mol. The molecule has 134 valence electrons. The Morgan fingerprint density at radius 1 is 1.28 bits per heavy atom. The molecule has 1 saturated heterocycles. The van der Waals surface area contributed by atoms with Gasteiger partial charge in [0.25, 0.3) is 5.56 Å². The number of fused-ring (bicyclic) bond motifs is 1. The van der Waals surface area contributed by atoms with Gasteiger partial charge in [-0.2, -0.15) is 9.97 Å². The molecule has 0 unspecified atom stereocenters. The fourth-order valence-corrected chi connectivity index (χ4v) is 2.95. The van der Waals surface area contributed by atoms with E-state index in [0.717, 1.165) is 32.1 Å². The summed E-state index contributed by atoms with van der Waals surface area (Å²) in [6.45, 7) is 9.74. The Kier molecular flexibility index (Phi) is 4.95.